The van der Waals surface area contributed by atoms with Crippen molar-refractivity contribution in [2.45, 2.75) is 38.4 Å². The van der Waals surface area contributed by atoms with Crippen molar-refractivity contribution in [2.24, 2.45) is 0 Å². The van der Waals surface area contributed by atoms with Gasteiger partial charge in [-0.05, 0) is 56.6 Å². The van der Waals surface area contributed by atoms with E-state index in [9.17, 15) is 4.79 Å². The SMILES string of the molecule is C[C@@H](OC[C@H]1CCCCO1)C(=O)Nc1cccc(-n2cc[nH]c2=S)c1. The van der Waals surface area contributed by atoms with Gasteiger partial charge in [0.05, 0.1) is 12.7 Å². The molecule has 2 heterocycles. The maximum Gasteiger partial charge on any atom is 0.253 e. The van der Waals surface area contributed by atoms with Crippen LogP contribution in [0.15, 0.2) is 36.7 Å². The summed E-state index contributed by atoms with van der Waals surface area (Å²) in [4.78, 5) is 15.3. The number of hydrogen-bond donors (Lipinski definition) is 2. The van der Waals surface area contributed by atoms with E-state index >= 15 is 0 Å². The molecule has 1 fully saturated rings. The molecule has 0 radical (unpaired) electrons. The molecule has 2 aromatic rings. The van der Waals surface area contributed by atoms with E-state index in [-0.39, 0.29) is 12.0 Å². The molecule has 0 unspecified atom stereocenters. The van der Waals surface area contributed by atoms with Crippen molar-refractivity contribution in [3.8, 4) is 5.69 Å². The van der Waals surface area contributed by atoms with Crippen LogP contribution >= 0.6 is 12.2 Å². The lowest BCUT2D eigenvalue weighted by Crippen LogP contribution is -2.32. The number of ether oxygens (including phenoxy) is 2. The Kier molecular flexibility index (Phi) is 6.01. The Hall–Kier alpha value is -1.96. The largest absolute Gasteiger partial charge is 0.376 e. The molecule has 134 valence electrons. The van der Waals surface area contributed by atoms with Crippen LogP contribution in [0, 0.1) is 4.77 Å². The lowest BCUT2D eigenvalue weighted by molar-refractivity contribution is -0.130. The molecule has 1 aromatic heterocycles. The lowest BCUT2D eigenvalue weighted by Gasteiger charge is -2.24. The quantitative estimate of drug-likeness (QED) is 0.774. The van der Waals surface area contributed by atoms with Crippen LogP contribution in [0.4, 0.5) is 5.69 Å². The van der Waals surface area contributed by atoms with Gasteiger partial charge in [-0.25, -0.2) is 0 Å². The number of carbonyl (C=O) groups is 1. The molecule has 7 heteroatoms. The van der Waals surface area contributed by atoms with E-state index < -0.39 is 6.10 Å². The fourth-order valence-corrected chi connectivity index (χ4v) is 3.00. The zero-order valence-electron chi connectivity index (χ0n) is 14.2. The molecule has 1 aliphatic rings. The van der Waals surface area contributed by atoms with E-state index in [1.807, 2.05) is 35.0 Å². The number of nitrogens with zero attached hydrogens (tertiary/aromatic N) is 1. The highest BCUT2D eigenvalue weighted by Gasteiger charge is 2.19. The van der Waals surface area contributed by atoms with Gasteiger partial charge >= 0.3 is 0 Å². The van der Waals surface area contributed by atoms with Crippen molar-refractivity contribution in [2.75, 3.05) is 18.5 Å². The molecule has 0 bridgehead atoms. The van der Waals surface area contributed by atoms with Crippen LogP contribution in [0.5, 0.6) is 0 Å². The number of aromatic amines is 1. The number of H-pyrrole nitrogens is 1. The molecule has 2 N–H and O–H groups in total. The van der Waals surface area contributed by atoms with Gasteiger partial charge in [0.15, 0.2) is 4.77 Å². The summed E-state index contributed by atoms with van der Waals surface area (Å²) in [7, 11) is 0. The summed E-state index contributed by atoms with van der Waals surface area (Å²) in [6.45, 7) is 2.99. The van der Waals surface area contributed by atoms with Gasteiger partial charge in [-0.15, -0.1) is 0 Å². The molecule has 6 nitrogen and oxygen atoms in total. The number of anilines is 1. The van der Waals surface area contributed by atoms with Gasteiger partial charge in [0.25, 0.3) is 5.91 Å². The van der Waals surface area contributed by atoms with Gasteiger partial charge in [-0.3, -0.25) is 9.36 Å². The predicted octanol–water partition coefficient (Wildman–Crippen LogP) is 3.45. The van der Waals surface area contributed by atoms with Gasteiger partial charge in [-0.2, -0.15) is 0 Å². The monoisotopic (exact) mass is 361 g/mol. The highest BCUT2D eigenvalue weighted by atomic mass is 32.1. The molecule has 0 spiro atoms. The normalized spacial score (nSPS) is 18.7. The second kappa shape index (κ2) is 8.42. The number of benzene rings is 1. The molecule has 1 amide bonds. The van der Waals surface area contributed by atoms with E-state index in [0.29, 0.717) is 17.1 Å². The standard InChI is InChI=1S/C18H23N3O3S/c1-13(24-12-16-7-2-3-10-23-16)17(22)20-14-5-4-6-15(11-14)21-9-8-19-18(21)25/h4-6,8-9,11,13,16H,2-3,7,10,12H2,1H3,(H,19,25)(H,20,22)/t13-,16-/m1/s1. The Labute approximate surface area is 152 Å². The second-order valence-electron chi connectivity index (χ2n) is 6.14. The van der Waals surface area contributed by atoms with E-state index in [0.717, 1.165) is 31.6 Å². The number of carbonyl (C=O) groups excluding carboxylic acids is 1. The van der Waals surface area contributed by atoms with Crippen LogP contribution in [0.1, 0.15) is 26.2 Å². The maximum atomic E-state index is 12.3. The number of rotatable bonds is 6. The van der Waals surface area contributed by atoms with Gasteiger partial charge in [0.2, 0.25) is 0 Å². The smallest absolute Gasteiger partial charge is 0.253 e. The second-order valence-corrected chi connectivity index (χ2v) is 6.53. The van der Waals surface area contributed by atoms with E-state index in [2.05, 4.69) is 10.3 Å². The Morgan fingerprint density at radius 1 is 1.52 bits per heavy atom. The number of amides is 1. The third-order valence-corrected chi connectivity index (χ3v) is 4.53. The van der Waals surface area contributed by atoms with Gasteiger partial charge < -0.3 is 19.8 Å². The summed E-state index contributed by atoms with van der Waals surface area (Å²) in [5, 5.41) is 2.89. The highest BCUT2D eigenvalue weighted by Crippen LogP contribution is 2.16. The van der Waals surface area contributed by atoms with Crippen molar-refractivity contribution >= 4 is 23.8 Å². The van der Waals surface area contributed by atoms with Crippen molar-refractivity contribution in [3.05, 3.63) is 41.4 Å². The first-order chi connectivity index (χ1) is 12.1. The summed E-state index contributed by atoms with van der Waals surface area (Å²) < 4.78 is 13.7. The van der Waals surface area contributed by atoms with Crippen LogP contribution in [-0.2, 0) is 14.3 Å². The highest BCUT2D eigenvalue weighted by molar-refractivity contribution is 7.71. The number of aromatic nitrogens is 2. The minimum Gasteiger partial charge on any atom is -0.376 e. The van der Waals surface area contributed by atoms with Crippen LogP contribution in [0.25, 0.3) is 5.69 Å². The maximum absolute atomic E-state index is 12.3. The third kappa shape index (κ3) is 4.78. The molecule has 25 heavy (non-hydrogen) atoms. The van der Waals surface area contributed by atoms with Crippen LogP contribution in [-0.4, -0.2) is 40.9 Å². The topological polar surface area (TPSA) is 68.3 Å². The minimum atomic E-state index is -0.538. The lowest BCUT2D eigenvalue weighted by atomic mass is 10.1. The fraction of sp³-hybridized carbons (Fsp3) is 0.444. The van der Waals surface area contributed by atoms with E-state index in [1.165, 1.54) is 0 Å². The first-order valence-corrected chi connectivity index (χ1v) is 8.95. The van der Waals surface area contributed by atoms with Crippen molar-refractivity contribution in [1.82, 2.24) is 9.55 Å². The van der Waals surface area contributed by atoms with Crippen molar-refractivity contribution in [3.63, 3.8) is 0 Å². The van der Waals surface area contributed by atoms with Crippen molar-refractivity contribution in [1.29, 1.82) is 0 Å². The average Bonchev–Trinajstić information content (AvgIpc) is 3.06. The van der Waals surface area contributed by atoms with Crippen LogP contribution in [0.3, 0.4) is 0 Å². The van der Waals surface area contributed by atoms with Crippen molar-refractivity contribution < 1.29 is 14.3 Å². The first kappa shape index (κ1) is 17.8. The fourth-order valence-electron chi connectivity index (χ4n) is 2.77. The Bertz CT molecular complexity index is 765. The average molecular weight is 361 g/mol. The predicted molar refractivity (Wildman–Crippen MR) is 98.6 cm³/mol. The molecule has 1 aromatic carbocycles. The molecule has 0 saturated carbocycles. The summed E-state index contributed by atoms with van der Waals surface area (Å²) in [6, 6.07) is 7.52. The van der Waals surface area contributed by atoms with Crippen LogP contribution < -0.4 is 5.32 Å². The van der Waals surface area contributed by atoms with Gasteiger partial charge in [0.1, 0.15) is 6.10 Å². The van der Waals surface area contributed by atoms with Gasteiger partial charge in [0, 0.05) is 30.4 Å². The molecule has 1 saturated heterocycles. The summed E-state index contributed by atoms with van der Waals surface area (Å²) in [5.41, 5.74) is 1.59. The Morgan fingerprint density at radius 3 is 3.12 bits per heavy atom. The molecule has 3 rings (SSSR count). The minimum absolute atomic E-state index is 0.0998. The van der Waals surface area contributed by atoms with Gasteiger partial charge in [-0.1, -0.05) is 6.07 Å². The third-order valence-electron chi connectivity index (χ3n) is 4.22. The molecular weight excluding hydrogens is 338 g/mol. The molecule has 2 atom stereocenters. The Morgan fingerprint density at radius 2 is 2.40 bits per heavy atom. The zero-order chi connectivity index (χ0) is 17.6. The summed E-state index contributed by atoms with van der Waals surface area (Å²) in [6.07, 6.45) is 6.44. The zero-order valence-corrected chi connectivity index (χ0v) is 15.1. The van der Waals surface area contributed by atoms with Crippen LogP contribution in [0.2, 0.25) is 0 Å². The molecule has 1 aliphatic heterocycles. The molecular formula is C18H23N3O3S. The first-order valence-electron chi connectivity index (χ1n) is 8.54. The van der Waals surface area contributed by atoms with E-state index in [1.54, 1.807) is 13.1 Å². The molecule has 0 aliphatic carbocycles. The number of nitrogens with one attached hydrogen (secondary N) is 2. The van der Waals surface area contributed by atoms with E-state index in [4.69, 9.17) is 21.7 Å². The summed E-state index contributed by atoms with van der Waals surface area (Å²) >= 11 is 5.22. The Balaban J connectivity index is 1.57. The number of hydrogen-bond acceptors (Lipinski definition) is 4. The number of imidazole rings is 1. The summed E-state index contributed by atoms with van der Waals surface area (Å²) in [5.74, 6) is -0.175.